The Morgan fingerprint density at radius 3 is 2.79 bits per heavy atom. The second kappa shape index (κ2) is 7.46. The van der Waals surface area contributed by atoms with Crippen LogP contribution >= 0.6 is 0 Å². The molecule has 3 heterocycles. The minimum Gasteiger partial charge on any atom is -0.383 e. The number of benzene rings is 1. The maximum atomic E-state index is 12.9. The molecule has 0 spiro atoms. The van der Waals surface area contributed by atoms with Crippen molar-refractivity contribution in [1.82, 2.24) is 9.97 Å². The third-order valence-electron chi connectivity index (χ3n) is 5.20. The van der Waals surface area contributed by atoms with E-state index < -0.39 is 5.92 Å². The number of carbonyl (C=O) groups excluding carboxylic acids is 2. The predicted molar refractivity (Wildman–Crippen MR) is 108 cm³/mol. The van der Waals surface area contributed by atoms with Gasteiger partial charge in [-0.2, -0.15) is 9.97 Å². The Morgan fingerprint density at radius 1 is 1.25 bits per heavy atom. The van der Waals surface area contributed by atoms with Gasteiger partial charge in [-0.15, -0.1) is 0 Å². The van der Waals surface area contributed by atoms with E-state index in [0.29, 0.717) is 23.0 Å². The summed E-state index contributed by atoms with van der Waals surface area (Å²) in [5.74, 6) is -0.165. The summed E-state index contributed by atoms with van der Waals surface area (Å²) in [6.07, 6.45) is 3.36. The van der Waals surface area contributed by atoms with Crippen LogP contribution in [0.15, 0.2) is 24.3 Å². The van der Waals surface area contributed by atoms with Gasteiger partial charge < -0.3 is 21.3 Å². The van der Waals surface area contributed by atoms with Crippen LogP contribution in [0.3, 0.4) is 0 Å². The van der Waals surface area contributed by atoms with Crippen LogP contribution in [-0.4, -0.2) is 34.9 Å². The number of nitrogens with zero attached hydrogens (tertiary/aromatic N) is 3. The zero-order valence-electron chi connectivity index (χ0n) is 15.9. The normalized spacial score (nSPS) is 19.0. The zero-order valence-corrected chi connectivity index (χ0v) is 15.9. The first-order valence-corrected chi connectivity index (χ1v) is 9.61. The molecule has 1 aromatic carbocycles. The molecule has 2 aliphatic rings. The van der Waals surface area contributed by atoms with Gasteiger partial charge in [0.25, 0.3) is 0 Å². The quantitative estimate of drug-likeness (QED) is 0.754. The van der Waals surface area contributed by atoms with Crippen molar-refractivity contribution in [3.8, 4) is 0 Å². The average molecular weight is 380 g/mol. The maximum absolute atomic E-state index is 12.9. The SMILES string of the molecule is Cc1cccc(NC(=O)[C@@H]2CC(=O)Nc3nc(N4CCCCC4)nc(N)c32)c1. The number of nitrogens with two attached hydrogens (primary N) is 1. The molecule has 0 radical (unpaired) electrons. The first-order chi connectivity index (χ1) is 13.5. The van der Waals surface area contributed by atoms with Gasteiger partial charge in [0.15, 0.2) is 0 Å². The van der Waals surface area contributed by atoms with Crippen molar-refractivity contribution in [3.05, 3.63) is 35.4 Å². The van der Waals surface area contributed by atoms with E-state index in [0.717, 1.165) is 31.5 Å². The molecule has 0 aliphatic carbocycles. The highest BCUT2D eigenvalue weighted by Crippen LogP contribution is 2.36. The molecule has 8 nitrogen and oxygen atoms in total. The molecule has 2 aromatic rings. The third kappa shape index (κ3) is 3.62. The van der Waals surface area contributed by atoms with Crippen molar-refractivity contribution in [3.63, 3.8) is 0 Å². The highest BCUT2D eigenvalue weighted by Gasteiger charge is 2.35. The first kappa shape index (κ1) is 18.2. The monoisotopic (exact) mass is 380 g/mol. The van der Waals surface area contributed by atoms with Gasteiger partial charge >= 0.3 is 0 Å². The smallest absolute Gasteiger partial charge is 0.232 e. The maximum Gasteiger partial charge on any atom is 0.232 e. The van der Waals surface area contributed by atoms with Gasteiger partial charge in [-0.25, -0.2) is 0 Å². The van der Waals surface area contributed by atoms with Gasteiger partial charge in [-0.05, 0) is 43.9 Å². The molecule has 1 atom stereocenters. The molecule has 146 valence electrons. The number of hydrogen-bond donors (Lipinski definition) is 3. The number of fused-ring (bicyclic) bond motifs is 1. The van der Waals surface area contributed by atoms with Gasteiger partial charge in [0.05, 0.1) is 11.5 Å². The molecule has 0 bridgehead atoms. The van der Waals surface area contributed by atoms with Crippen LogP contribution in [0.4, 0.5) is 23.3 Å². The lowest BCUT2D eigenvalue weighted by Gasteiger charge is -2.30. The van der Waals surface area contributed by atoms with E-state index in [4.69, 9.17) is 5.73 Å². The minimum absolute atomic E-state index is 0.0151. The summed E-state index contributed by atoms with van der Waals surface area (Å²) in [5, 5.41) is 5.64. The number of carbonyl (C=O) groups is 2. The zero-order chi connectivity index (χ0) is 19.7. The van der Waals surface area contributed by atoms with Crippen molar-refractivity contribution >= 4 is 35.1 Å². The number of anilines is 4. The number of amides is 2. The summed E-state index contributed by atoms with van der Waals surface area (Å²) >= 11 is 0. The lowest BCUT2D eigenvalue weighted by Crippen LogP contribution is -2.35. The summed E-state index contributed by atoms with van der Waals surface area (Å²) in [6, 6.07) is 7.51. The molecule has 1 fully saturated rings. The van der Waals surface area contributed by atoms with Crippen molar-refractivity contribution in [2.75, 3.05) is 34.4 Å². The van der Waals surface area contributed by atoms with Crippen LogP contribution in [0.5, 0.6) is 0 Å². The van der Waals surface area contributed by atoms with Gasteiger partial charge in [0.2, 0.25) is 17.8 Å². The highest BCUT2D eigenvalue weighted by molar-refractivity contribution is 6.05. The van der Waals surface area contributed by atoms with Crippen molar-refractivity contribution in [2.45, 2.75) is 38.5 Å². The molecule has 0 saturated carbocycles. The molecule has 4 rings (SSSR count). The van der Waals surface area contributed by atoms with Crippen LogP contribution in [-0.2, 0) is 9.59 Å². The minimum atomic E-state index is -0.723. The molecule has 1 saturated heterocycles. The van der Waals surface area contributed by atoms with E-state index in [1.54, 1.807) is 0 Å². The number of aromatic nitrogens is 2. The number of piperidine rings is 1. The second-order valence-corrected chi connectivity index (χ2v) is 7.38. The van der Waals surface area contributed by atoms with Crippen LogP contribution in [0.1, 0.15) is 42.7 Å². The highest BCUT2D eigenvalue weighted by atomic mass is 16.2. The molecule has 0 unspecified atom stereocenters. The molecular weight excluding hydrogens is 356 g/mol. The Bertz CT molecular complexity index is 923. The van der Waals surface area contributed by atoms with Gasteiger partial charge in [-0.3, -0.25) is 9.59 Å². The van der Waals surface area contributed by atoms with Crippen molar-refractivity contribution in [2.24, 2.45) is 0 Å². The molecule has 2 amide bonds. The van der Waals surface area contributed by atoms with Crippen molar-refractivity contribution in [1.29, 1.82) is 0 Å². The summed E-state index contributed by atoms with van der Waals surface area (Å²) < 4.78 is 0. The Balaban J connectivity index is 1.64. The van der Waals surface area contributed by atoms with E-state index in [-0.39, 0.29) is 24.1 Å². The Hall–Kier alpha value is -3.16. The third-order valence-corrected chi connectivity index (χ3v) is 5.20. The fourth-order valence-corrected chi connectivity index (χ4v) is 3.80. The number of hydrogen-bond acceptors (Lipinski definition) is 6. The molecule has 2 aliphatic heterocycles. The van der Waals surface area contributed by atoms with Crippen LogP contribution in [0, 0.1) is 6.92 Å². The fourth-order valence-electron chi connectivity index (χ4n) is 3.80. The fraction of sp³-hybridized carbons (Fsp3) is 0.400. The topological polar surface area (TPSA) is 113 Å². The summed E-state index contributed by atoms with van der Waals surface area (Å²) in [7, 11) is 0. The molecule has 8 heteroatoms. The van der Waals surface area contributed by atoms with E-state index in [9.17, 15) is 9.59 Å². The standard InChI is InChI=1S/C20H24N6O2/c1-12-6-5-7-13(10-12)22-19(28)14-11-15(27)23-18-16(14)17(21)24-20(25-18)26-8-3-2-4-9-26/h5-7,10,14H,2-4,8-9,11H2,1H3,(H,22,28)(H3,21,23,24,25,27)/t14-/m1/s1. The van der Waals surface area contributed by atoms with E-state index in [2.05, 4.69) is 25.5 Å². The lowest BCUT2D eigenvalue weighted by atomic mass is 9.91. The second-order valence-electron chi connectivity index (χ2n) is 7.38. The number of nitrogens with one attached hydrogen (secondary N) is 2. The Morgan fingerprint density at radius 2 is 2.04 bits per heavy atom. The van der Waals surface area contributed by atoms with Gasteiger partial charge in [0, 0.05) is 25.2 Å². The number of rotatable bonds is 3. The summed E-state index contributed by atoms with van der Waals surface area (Å²) in [5.41, 5.74) is 8.44. The summed E-state index contributed by atoms with van der Waals surface area (Å²) in [4.78, 5) is 36.2. The van der Waals surface area contributed by atoms with E-state index in [1.165, 1.54) is 6.42 Å². The lowest BCUT2D eigenvalue weighted by molar-refractivity contribution is -0.123. The molecule has 1 aromatic heterocycles. The first-order valence-electron chi connectivity index (χ1n) is 9.61. The number of nitrogen functional groups attached to an aromatic ring is 1. The van der Waals surface area contributed by atoms with Gasteiger partial charge in [0.1, 0.15) is 11.6 Å². The Kier molecular flexibility index (Phi) is 4.85. The predicted octanol–water partition coefficient (Wildman–Crippen LogP) is 2.42. The number of aryl methyl sites for hydroxylation is 1. The Labute approximate surface area is 163 Å². The largest absolute Gasteiger partial charge is 0.383 e. The van der Waals surface area contributed by atoms with Crippen molar-refractivity contribution < 1.29 is 9.59 Å². The van der Waals surface area contributed by atoms with Crippen LogP contribution in [0.25, 0.3) is 0 Å². The molecule has 28 heavy (non-hydrogen) atoms. The van der Waals surface area contributed by atoms with E-state index in [1.807, 2.05) is 31.2 Å². The van der Waals surface area contributed by atoms with E-state index >= 15 is 0 Å². The molecule has 4 N–H and O–H groups in total. The van der Waals surface area contributed by atoms with Crippen LogP contribution in [0.2, 0.25) is 0 Å². The summed E-state index contributed by atoms with van der Waals surface area (Å²) in [6.45, 7) is 3.68. The van der Waals surface area contributed by atoms with Gasteiger partial charge in [-0.1, -0.05) is 12.1 Å². The molecular formula is C20H24N6O2. The average Bonchev–Trinajstić information content (AvgIpc) is 2.67. The van der Waals surface area contributed by atoms with Crippen LogP contribution < -0.4 is 21.3 Å².